The monoisotopic (exact) mass is 1100 g/mol. The number of anilines is 6. The molecule has 2 aliphatic heterocycles. The van der Waals surface area contributed by atoms with Crippen molar-refractivity contribution in [3.8, 4) is 100 Å². The maximum absolute atomic E-state index is 2.62. The summed E-state index contributed by atoms with van der Waals surface area (Å²) in [5, 5.41) is 0. The Balaban J connectivity index is 1.09. The highest BCUT2D eigenvalue weighted by molar-refractivity contribution is 7.00. The lowest BCUT2D eigenvalue weighted by Gasteiger charge is -2.45. The van der Waals surface area contributed by atoms with Crippen LogP contribution in [0.4, 0.5) is 34.1 Å². The Labute approximate surface area is 510 Å². The predicted octanol–water partition coefficient (Wildman–Crippen LogP) is 20.8. The molecule has 87 heavy (non-hydrogen) atoms. The highest BCUT2D eigenvalue weighted by atomic mass is 15.2. The van der Waals surface area contributed by atoms with Gasteiger partial charge in [0, 0.05) is 34.1 Å². The van der Waals surface area contributed by atoms with Crippen molar-refractivity contribution in [1.29, 1.82) is 0 Å². The summed E-state index contributed by atoms with van der Waals surface area (Å²) in [5.74, 6) is 0. The van der Waals surface area contributed by atoms with E-state index in [4.69, 9.17) is 0 Å². The molecule has 14 aromatic carbocycles. The largest absolute Gasteiger partial charge is 0.311 e. The van der Waals surface area contributed by atoms with E-state index in [1.807, 2.05) is 0 Å². The van der Waals surface area contributed by atoms with Gasteiger partial charge in [-0.1, -0.05) is 285 Å². The van der Waals surface area contributed by atoms with Gasteiger partial charge in [-0.25, -0.2) is 0 Å². The first-order valence-electron chi connectivity index (χ1n) is 30.1. The van der Waals surface area contributed by atoms with Crippen LogP contribution in [0.25, 0.3) is 100 Å². The molecule has 0 saturated carbocycles. The summed E-state index contributed by atoms with van der Waals surface area (Å²) < 4.78 is 0. The van der Waals surface area contributed by atoms with Gasteiger partial charge in [0.05, 0.1) is 0 Å². The summed E-state index contributed by atoms with van der Waals surface area (Å²) >= 11 is 0. The summed E-state index contributed by atoms with van der Waals surface area (Å²) in [6.07, 6.45) is 0. The van der Waals surface area contributed by atoms with E-state index >= 15 is 0 Å². The molecule has 0 bridgehead atoms. The van der Waals surface area contributed by atoms with Crippen LogP contribution in [0, 0.1) is 0 Å². The minimum Gasteiger partial charge on any atom is -0.311 e. The van der Waals surface area contributed by atoms with Crippen LogP contribution in [-0.4, -0.2) is 6.71 Å². The Kier molecular flexibility index (Phi) is 13.0. The molecule has 0 fully saturated rings. The average Bonchev–Trinajstić information content (AvgIpc) is 0.751. The molecular weight excluding hydrogens is 1050 g/mol. The number of benzene rings is 14. The van der Waals surface area contributed by atoms with Gasteiger partial charge in [-0.15, -0.1) is 0 Å². The van der Waals surface area contributed by atoms with Gasteiger partial charge in [0.25, 0.3) is 6.71 Å². The van der Waals surface area contributed by atoms with Gasteiger partial charge in [0.2, 0.25) is 0 Å². The molecule has 14 aromatic rings. The van der Waals surface area contributed by atoms with E-state index in [1.54, 1.807) is 0 Å². The number of hydrogen-bond donors (Lipinski definition) is 0. The van der Waals surface area contributed by atoms with Gasteiger partial charge in [0.15, 0.2) is 0 Å². The lowest BCUT2D eigenvalue weighted by Crippen LogP contribution is -2.61. The van der Waals surface area contributed by atoms with Crippen LogP contribution in [-0.2, 0) is 0 Å². The van der Waals surface area contributed by atoms with E-state index in [0.29, 0.717) is 0 Å². The topological polar surface area (TPSA) is 6.48 Å². The zero-order valence-corrected chi connectivity index (χ0v) is 47.9. The summed E-state index contributed by atoms with van der Waals surface area (Å²) in [7, 11) is 0. The molecule has 2 heterocycles. The third-order valence-electron chi connectivity index (χ3n) is 17.6. The minimum atomic E-state index is -0.228. The fourth-order valence-electron chi connectivity index (χ4n) is 13.5. The Morgan fingerprint density at radius 3 is 0.644 bits per heavy atom. The van der Waals surface area contributed by atoms with Gasteiger partial charge in [-0.2, -0.15) is 0 Å². The molecule has 0 atom stereocenters. The molecule has 0 unspecified atom stereocenters. The van der Waals surface area contributed by atoms with Crippen molar-refractivity contribution in [1.82, 2.24) is 0 Å². The summed E-state index contributed by atoms with van der Waals surface area (Å²) in [5.41, 5.74) is 31.3. The fourth-order valence-corrected chi connectivity index (χ4v) is 13.5. The van der Waals surface area contributed by atoms with Crippen LogP contribution >= 0.6 is 0 Å². The normalized spacial score (nSPS) is 12.1. The van der Waals surface area contributed by atoms with Crippen molar-refractivity contribution in [2.75, 3.05) is 9.80 Å². The smallest absolute Gasteiger partial charge is 0.252 e. The van der Waals surface area contributed by atoms with Crippen molar-refractivity contribution >= 4 is 57.2 Å². The van der Waals surface area contributed by atoms with Crippen LogP contribution in [0.2, 0.25) is 0 Å². The van der Waals surface area contributed by atoms with Crippen LogP contribution < -0.4 is 26.2 Å². The van der Waals surface area contributed by atoms with Crippen molar-refractivity contribution in [3.63, 3.8) is 0 Å². The maximum atomic E-state index is 2.62. The number of nitrogens with zero attached hydrogens (tertiary/aromatic N) is 2. The zero-order chi connectivity index (χ0) is 57.6. The van der Waals surface area contributed by atoms with Crippen molar-refractivity contribution in [2.24, 2.45) is 0 Å². The quantitative estimate of drug-likeness (QED) is 0.119. The molecule has 3 heteroatoms. The van der Waals surface area contributed by atoms with E-state index in [2.05, 4.69) is 356 Å². The SMILES string of the molecule is c1ccc(-c2cc(-c3ccccc3)cc(N3c4cc(-c5ccccc5)c(-c5ccccc5)cc4B4c5cc(-c6ccccc6)c(-c6ccccc6)cc5N(c5cc(-c6ccccc6)cc(-c6ccccc6)c5)c5cc(-c6ccccc6)cc3c54)c2)cc1. The van der Waals surface area contributed by atoms with Crippen LogP contribution in [0.3, 0.4) is 0 Å². The molecule has 406 valence electrons. The summed E-state index contributed by atoms with van der Waals surface area (Å²) in [6, 6.07) is 128. The second kappa shape index (κ2) is 22.1. The molecule has 2 nitrogen and oxygen atoms in total. The second-order valence-electron chi connectivity index (χ2n) is 22.8. The lowest BCUT2D eigenvalue weighted by atomic mass is 9.33. The van der Waals surface area contributed by atoms with Crippen molar-refractivity contribution in [3.05, 3.63) is 346 Å². The molecular formula is C84H57BN2. The van der Waals surface area contributed by atoms with Crippen LogP contribution in [0.1, 0.15) is 0 Å². The van der Waals surface area contributed by atoms with Gasteiger partial charge >= 0.3 is 0 Å². The van der Waals surface area contributed by atoms with Crippen molar-refractivity contribution < 1.29 is 0 Å². The van der Waals surface area contributed by atoms with E-state index in [9.17, 15) is 0 Å². The molecule has 0 aromatic heterocycles. The predicted molar refractivity (Wildman–Crippen MR) is 369 cm³/mol. The third kappa shape index (κ3) is 9.44. The van der Waals surface area contributed by atoms with E-state index in [0.717, 1.165) is 101 Å². The van der Waals surface area contributed by atoms with Crippen molar-refractivity contribution in [2.45, 2.75) is 0 Å². The number of fused-ring (bicyclic) bond motifs is 4. The first kappa shape index (κ1) is 51.4. The third-order valence-corrected chi connectivity index (χ3v) is 17.6. The van der Waals surface area contributed by atoms with Gasteiger partial charge in [0.1, 0.15) is 0 Å². The van der Waals surface area contributed by atoms with E-state index in [-0.39, 0.29) is 6.71 Å². The Morgan fingerprint density at radius 2 is 0.391 bits per heavy atom. The molecule has 16 rings (SSSR count). The standard InChI is InChI=1S/C84H57BN2/c1-10-28-58(29-11-1)67-46-68(59-30-12-2-13-31-59)49-72(48-67)86-80-56-76(65-42-24-8-25-43-65)74(63-38-20-6-21-39-63)54-78(80)85-79-55-75(64-40-22-7-23-41-64)77(66-44-26-9-27-45-66)57-81(79)87(83-53-71(52-82(86)84(83)85)62-36-18-5-19-37-62)73-50-69(60-32-14-3-15-33-60)47-70(51-73)61-34-16-4-17-35-61/h1-57H. The summed E-state index contributed by atoms with van der Waals surface area (Å²) in [6.45, 7) is -0.228. The Morgan fingerprint density at radius 1 is 0.172 bits per heavy atom. The fraction of sp³-hybridized carbons (Fsp3) is 0. The molecule has 0 amide bonds. The minimum absolute atomic E-state index is 0.228. The first-order valence-corrected chi connectivity index (χ1v) is 30.1. The van der Waals surface area contributed by atoms with Gasteiger partial charge in [-0.05, 0) is 177 Å². The molecule has 0 spiro atoms. The molecule has 0 aliphatic carbocycles. The Bertz CT molecular complexity index is 4410. The molecule has 0 radical (unpaired) electrons. The van der Waals surface area contributed by atoms with Crippen LogP contribution in [0.15, 0.2) is 346 Å². The lowest BCUT2D eigenvalue weighted by molar-refractivity contribution is 1.25. The maximum Gasteiger partial charge on any atom is 0.252 e. The number of rotatable bonds is 11. The number of hydrogen-bond acceptors (Lipinski definition) is 2. The van der Waals surface area contributed by atoms with Gasteiger partial charge < -0.3 is 9.80 Å². The average molecular weight is 1110 g/mol. The molecule has 0 N–H and O–H groups in total. The van der Waals surface area contributed by atoms with Crippen LogP contribution in [0.5, 0.6) is 0 Å². The zero-order valence-electron chi connectivity index (χ0n) is 47.9. The summed E-state index contributed by atoms with van der Waals surface area (Å²) in [4.78, 5) is 5.24. The first-order chi connectivity index (χ1) is 43.1. The molecule has 2 aliphatic rings. The van der Waals surface area contributed by atoms with E-state index in [1.165, 1.54) is 49.8 Å². The highest BCUT2D eigenvalue weighted by Crippen LogP contribution is 2.51. The molecule has 0 saturated heterocycles. The van der Waals surface area contributed by atoms with Gasteiger partial charge in [-0.3, -0.25) is 0 Å². The second-order valence-corrected chi connectivity index (χ2v) is 22.8. The Hall–Kier alpha value is -11.3. The van der Waals surface area contributed by atoms with E-state index < -0.39 is 0 Å². The highest BCUT2D eigenvalue weighted by Gasteiger charge is 2.45.